The number of carbonyl (C=O) groups excluding carboxylic acids is 1. The van der Waals surface area contributed by atoms with Crippen LogP contribution in [0.5, 0.6) is 0 Å². The molecule has 0 spiro atoms. The van der Waals surface area contributed by atoms with E-state index in [0.717, 1.165) is 12.8 Å². The number of carboxylic acid groups (broad SMARTS) is 2. The Bertz CT molecular complexity index is 431. The summed E-state index contributed by atoms with van der Waals surface area (Å²) in [5, 5.41) is 19.8. The quantitative estimate of drug-likeness (QED) is 0.195. The number of nitrogens with one attached hydrogen (secondary N) is 1. The van der Waals surface area contributed by atoms with Crippen molar-refractivity contribution in [1.29, 1.82) is 0 Å². The van der Waals surface area contributed by atoms with Crippen LogP contribution in [0.2, 0.25) is 0 Å². The molecule has 0 saturated heterocycles. The number of carboxylic acids is 2. The van der Waals surface area contributed by atoms with Crippen molar-refractivity contribution in [2.24, 2.45) is 0 Å². The molecule has 0 aliphatic carbocycles. The van der Waals surface area contributed by atoms with Gasteiger partial charge < -0.3 is 15.5 Å². The molecule has 1 amide bonds. The van der Waals surface area contributed by atoms with E-state index < -0.39 is 24.4 Å². The first kappa shape index (κ1) is 30.6. The molecule has 0 radical (unpaired) electrons. The van der Waals surface area contributed by atoms with Crippen molar-refractivity contribution in [3.05, 3.63) is 0 Å². The van der Waals surface area contributed by atoms with Crippen LogP contribution in [0.25, 0.3) is 0 Å². The monoisotopic (exact) mass is 423 g/mol. The van der Waals surface area contributed by atoms with E-state index in [9.17, 15) is 14.4 Å². The Labute approximate surface area is 198 Å². The van der Waals surface area contributed by atoms with Crippen LogP contribution in [-0.4, -0.2) is 63.7 Å². The van der Waals surface area contributed by atoms with Crippen LogP contribution in [0.3, 0.4) is 0 Å². The van der Waals surface area contributed by atoms with E-state index in [1.165, 1.54) is 77.0 Å². The normalized spacial score (nSPS) is 11.5. The van der Waals surface area contributed by atoms with Gasteiger partial charge in [0.25, 0.3) is 0 Å². The summed E-state index contributed by atoms with van der Waals surface area (Å²) in [6, 6.07) is -1.35. The third-order valence-corrected chi connectivity index (χ3v) is 5.02. The number of hydrogen-bond acceptors (Lipinski definition) is 3. The Morgan fingerprint density at radius 1 is 0.690 bits per heavy atom. The molecule has 0 fully saturated rings. The molecule has 0 saturated carbocycles. The van der Waals surface area contributed by atoms with Crippen molar-refractivity contribution in [2.75, 3.05) is 0 Å². The molecule has 0 heterocycles. The maximum absolute atomic E-state index is 11.7. The van der Waals surface area contributed by atoms with Gasteiger partial charge in [-0.15, -0.1) is 0 Å². The number of rotatable bonds is 20. The van der Waals surface area contributed by atoms with Crippen LogP contribution in [0, 0.1) is 0 Å². The van der Waals surface area contributed by atoms with E-state index in [2.05, 4.69) is 12.2 Å². The summed E-state index contributed by atoms with van der Waals surface area (Å²) >= 11 is 0. The molecule has 0 aliphatic rings. The predicted molar refractivity (Wildman–Crippen MR) is 119 cm³/mol. The molecule has 1 atom stereocenters. The van der Waals surface area contributed by atoms with Gasteiger partial charge in [-0.25, -0.2) is 4.79 Å². The third-order valence-electron chi connectivity index (χ3n) is 5.02. The van der Waals surface area contributed by atoms with E-state index in [4.69, 9.17) is 10.2 Å². The molecule has 6 nitrogen and oxygen atoms in total. The molecule has 7 heteroatoms. The SMILES string of the molecule is CCCCCCCCCCCCCCCCCC(=O)NC(CC(=O)O)C(=O)O.[NaH]. The molecule has 0 aromatic rings. The van der Waals surface area contributed by atoms with Gasteiger partial charge in [-0.2, -0.15) is 0 Å². The van der Waals surface area contributed by atoms with Gasteiger partial charge in [0.1, 0.15) is 6.04 Å². The van der Waals surface area contributed by atoms with Crippen molar-refractivity contribution in [3.8, 4) is 0 Å². The summed E-state index contributed by atoms with van der Waals surface area (Å²) in [5.41, 5.74) is 0. The molecule has 0 aromatic carbocycles. The molecule has 166 valence electrons. The molecular formula is C22H42NNaO5. The minimum absolute atomic E-state index is 0. The molecule has 1 unspecified atom stereocenters. The Morgan fingerprint density at radius 3 is 1.41 bits per heavy atom. The number of unbranched alkanes of at least 4 members (excludes halogenated alkanes) is 14. The van der Waals surface area contributed by atoms with Crippen molar-refractivity contribution >= 4 is 47.4 Å². The second kappa shape index (κ2) is 22.1. The molecule has 0 rings (SSSR count). The molecule has 0 bridgehead atoms. The van der Waals surface area contributed by atoms with Crippen LogP contribution < -0.4 is 5.32 Å². The number of hydrogen-bond donors (Lipinski definition) is 3. The van der Waals surface area contributed by atoms with Gasteiger partial charge in [0.05, 0.1) is 6.42 Å². The Balaban J connectivity index is 0. The van der Waals surface area contributed by atoms with E-state index in [1.807, 2.05) is 0 Å². The number of carbonyl (C=O) groups is 3. The fourth-order valence-electron chi connectivity index (χ4n) is 3.30. The van der Waals surface area contributed by atoms with Gasteiger partial charge in [0, 0.05) is 6.42 Å². The first-order valence-electron chi connectivity index (χ1n) is 11.2. The summed E-state index contributed by atoms with van der Waals surface area (Å²) in [6.45, 7) is 2.25. The van der Waals surface area contributed by atoms with E-state index in [0.29, 0.717) is 6.42 Å². The molecule has 0 aliphatic heterocycles. The molecule has 29 heavy (non-hydrogen) atoms. The first-order chi connectivity index (χ1) is 13.5. The van der Waals surface area contributed by atoms with Gasteiger partial charge in [-0.1, -0.05) is 96.8 Å². The van der Waals surface area contributed by atoms with E-state index in [-0.39, 0.29) is 41.9 Å². The average Bonchev–Trinajstić information content (AvgIpc) is 2.64. The zero-order valence-electron chi connectivity index (χ0n) is 17.7. The standard InChI is InChI=1S/C22H41NO5.Na.H/c1-2-3-4-5-6-7-8-9-10-11-12-13-14-15-16-17-20(24)23-19(22(27)28)18-21(25)26;;/h19H,2-18H2,1H3,(H,23,24)(H,25,26)(H,27,28);;. The van der Waals surface area contributed by atoms with Crippen molar-refractivity contribution in [1.82, 2.24) is 5.32 Å². The van der Waals surface area contributed by atoms with Crippen LogP contribution in [-0.2, 0) is 14.4 Å². The van der Waals surface area contributed by atoms with Crippen LogP contribution >= 0.6 is 0 Å². The van der Waals surface area contributed by atoms with Crippen LogP contribution in [0.4, 0.5) is 0 Å². The fourth-order valence-corrected chi connectivity index (χ4v) is 3.30. The van der Waals surface area contributed by atoms with Gasteiger partial charge in [0.2, 0.25) is 5.91 Å². The molecular weight excluding hydrogens is 381 g/mol. The van der Waals surface area contributed by atoms with Crippen molar-refractivity contribution < 1.29 is 24.6 Å². The summed E-state index contributed by atoms with van der Waals surface area (Å²) in [6.07, 6.45) is 18.3. The van der Waals surface area contributed by atoms with Crippen molar-refractivity contribution in [2.45, 2.75) is 122 Å². The van der Waals surface area contributed by atoms with Crippen molar-refractivity contribution in [3.63, 3.8) is 0 Å². The molecule has 3 N–H and O–H groups in total. The minimum atomic E-state index is -1.35. The second-order valence-electron chi connectivity index (χ2n) is 7.76. The summed E-state index contributed by atoms with van der Waals surface area (Å²) in [4.78, 5) is 33.2. The van der Waals surface area contributed by atoms with Gasteiger partial charge in [-0.3, -0.25) is 9.59 Å². The first-order valence-corrected chi connectivity index (χ1v) is 11.2. The van der Waals surface area contributed by atoms with Gasteiger partial charge in [-0.05, 0) is 6.42 Å². The average molecular weight is 424 g/mol. The summed E-state index contributed by atoms with van der Waals surface area (Å²) in [5.74, 6) is -2.93. The van der Waals surface area contributed by atoms with Crippen LogP contribution in [0.1, 0.15) is 116 Å². The summed E-state index contributed by atoms with van der Waals surface area (Å²) in [7, 11) is 0. The predicted octanol–water partition coefficient (Wildman–Crippen LogP) is 4.64. The molecule has 0 aromatic heterocycles. The summed E-state index contributed by atoms with van der Waals surface area (Å²) < 4.78 is 0. The number of amides is 1. The topological polar surface area (TPSA) is 104 Å². The van der Waals surface area contributed by atoms with Gasteiger partial charge in [0.15, 0.2) is 0 Å². The van der Waals surface area contributed by atoms with Crippen LogP contribution in [0.15, 0.2) is 0 Å². The van der Waals surface area contributed by atoms with E-state index >= 15 is 0 Å². The van der Waals surface area contributed by atoms with E-state index in [1.54, 1.807) is 0 Å². The Morgan fingerprint density at radius 2 is 1.07 bits per heavy atom. The zero-order chi connectivity index (χ0) is 21.0. The number of aliphatic carboxylic acids is 2. The third kappa shape index (κ3) is 21.9. The second-order valence-corrected chi connectivity index (χ2v) is 7.76. The maximum atomic E-state index is 11.7. The Kier molecular flexibility index (Phi) is 23.3. The zero-order valence-corrected chi connectivity index (χ0v) is 17.7. The Hall–Kier alpha value is -0.590. The fraction of sp³-hybridized carbons (Fsp3) is 0.864. The van der Waals surface area contributed by atoms with Gasteiger partial charge >= 0.3 is 41.5 Å².